The van der Waals surface area contributed by atoms with E-state index in [0.29, 0.717) is 12.2 Å². The van der Waals surface area contributed by atoms with Gasteiger partial charge in [0.05, 0.1) is 10.6 Å². The number of nitrogens with one attached hydrogen (secondary N) is 1. The van der Waals surface area contributed by atoms with Crippen LogP contribution in [-0.4, -0.2) is 10.1 Å². The van der Waals surface area contributed by atoms with Crippen molar-refractivity contribution in [3.05, 3.63) is 45.3 Å². The number of nitro groups is 1. The number of hydrogen-bond donors (Lipinski definition) is 2. The maximum atomic E-state index is 10.7. The SMILES string of the molecule is Cc1noc(C)c1CNc1ccc([N+](=O)[O-])c(N)c1. The normalized spacial score (nSPS) is 10.4. The van der Waals surface area contributed by atoms with Crippen LogP contribution >= 0.6 is 0 Å². The van der Waals surface area contributed by atoms with Crippen LogP contribution in [-0.2, 0) is 6.54 Å². The molecule has 0 aliphatic rings. The third kappa shape index (κ3) is 2.65. The molecule has 100 valence electrons. The zero-order valence-electron chi connectivity index (χ0n) is 10.6. The van der Waals surface area contributed by atoms with Gasteiger partial charge in [-0.1, -0.05) is 5.16 Å². The first kappa shape index (κ1) is 12.9. The fourth-order valence-electron chi connectivity index (χ4n) is 1.78. The molecule has 1 aromatic carbocycles. The van der Waals surface area contributed by atoms with Crippen LogP contribution in [0, 0.1) is 24.0 Å². The van der Waals surface area contributed by atoms with Crippen LogP contribution in [0.2, 0.25) is 0 Å². The van der Waals surface area contributed by atoms with Crippen LogP contribution in [0.1, 0.15) is 17.0 Å². The van der Waals surface area contributed by atoms with E-state index in [1.165, 1.54) is 12.1 Å². The topological polar surface area (TPSA) is 107 Å². The Morgan fingerprint density at radius 1 is 1.47 bits per heavy atom. The average Bonchev–Trinajstić information content (AvgIpc) is 2.66. The van der Waals surface area contributed by atoms with E-state index in [-0.39, 0.29) is 11.4 Å². The van der Waals surface area contributed by atoms with Crippen molar-refractivity contribution >= 4 is 17.1 Å². The van der Waals surface area contributed by atoms with Crippen LogP contribution in [0.25, 0.3) is 0 Å². The van der Waals surface area contributed by atoms with Crippen LogP contribution in [0.15, 0.2) is 22.7 Å². The summed E-state index contributed by atoms with van der Waals surface area (Å²) in [5, 5.41) is 17.6. The minimum atomic E-state index is -0.507. The molecule has 0 aliphatic carbocycles. The molecule has 0 radical (unpaired) electrons. The van der Waals surface area contributed by atoms with Crippen molar-refractivity contribution in [3.63, 3.8) is 0 Å². The van der Waals surface area contributed by atoms with E-state index in [2.05, 4.69) is 10.5 Å². The van der Waals surface area contributed by atoms with Gasteiger partial charge in [0.15, 0.2) is 0 Å². The highest BCUT2D eigenvalue weighted by Crippen LogP contribution is 2.25. The second-order valence-corrected chi connectivity index (χ2v) is 4.19. The van der Waals surface area contributed by atoms with Gasteiger partial charge in [0.25, 0.3) is 5.69 Å². The van der Waals surface area contributed by atoms with Crippen molar-refractivity contribution in [3.8, 4) is 0 Å². The molecule has 0 spiro atoms. The number of nitrogens with two attached hydrogens (primary N) is 1. The van der Waals surface area contributed by atoms with Crippen LogP contribution < -0.4 is 11.1 Å². The Kier molecular flexibility index (Phi) is 3.37. The number of nitro benzene ring substituents is 1. The van der Waals surface area contributed by atoms with Gasteiger partial charge in [0.2, 0.25) is 0 Å². The maximum Gasteiger partial charge on any atom is 0.292 e. The van der Waals surface area contributed by atoms with Gasteiger partial charge in [-0.3, -0.25) is 10.1 Å². The monoisotopic (exact) mass is 262 g/mol. The minimum Gasteiger partial charge on any atom is -0.393 e. The number of aromatic nitrogens is 1. The standard InChI is InChI=1S/C12H14N4O3/c1-7-10(8(2)19-15-7)6-14-9-3-4-12(16(17)18)11(13)5-9/h3-5,14H,6,13H2,1-2H3. The number of nitrogens with zero attached hydrogens (tertiary/aromatic N) is 2. The van der Waals surface area contributed by atoms with E-state index in [4.69, 9.17) is 10.3 Å². The Morgan fingerprint density at radius 2 is 2.21 bits per heavy atom. The van der Waals surface area contributed by atoms with Crippen LogP contribution in [0.4, 0.5) is 17.1 Å². The van der Waals surface area contributed by atoms with Gasteiger partial charge in [-0.25, -0.2) is 0 Å². The molecule has 19 heavy (non-hydrogen) atoms. The van der Waals surface area contributed by atoms with Crippen molar-refractivity contribution in [1.29, 1.82) is 0 Å². The maximum absolute atomic E-state index is 10.7. The fourth-order valence-corrected chi connectivity index (χ4v) is 1.78. The molecular weight excluding hydrogens is 248 g/mol. The molecule has 0 amide bonds. The van der Waals surface area contributed by atoms with Gasteiger partial charge in [0, 0.05) is 23.9 Å². The molecule has 2 rings (SSSR count). The van der Waals surface area contributed by atoms with Crippen molar-refractivity contribution in [1.82, 2.24) is 5.16 Å². The smallest absolute Gasteiger partial charge is 0.292 e. The molecule has 0 saturated carbocycles. The first-order chi connectivity index (χ1) is 8.99. The Labute approximate surface area is 109 Å². The lowest BCUT2D eigenvalue weighted by Gasteiger charge is -2.07. The molecule has 1 aromatic heterocycles. The third-order valence-corrected chi connectivity index (χ3v) is 2.87. The lowest BCUT2D eigenvalue weighted by molar-refractivity contribution is -0.383. The zero-order chi connectivity index (χ0) is 14.0. The van der Waals surface area contributed by atoms with E-state index in [0.717, 1.165) is 17.0 Å². The van der Waals surface area contributed by atoms with Gasteiger partial charge < -0.3 is 15.6 Å². The largest absolute Gasteiger partial charge is 0.393 e. The fraction of sp³-hybridized carbons (Fsp3) is 0.250. The van der Waals surface area contributed by atoms with Crippen molar-refractivity contribution < 1.29 is 9.45 Å². The summed E-state index contributed by atoms with van der Waals surface area (Å²) >= 11 is 0. The summed E-state index contributed by atoms with van der Waals surface area (Å²) in [4.78, 5) is 10.1. The van der Waals surface area contributed by atoms with E-state index in [1.807, 2.05) is 13.8 Å². The molecule has 7 heteroatoms. The highest BCUT2D eigenvalue weighted by atomic mass is 16.6. The van der Waals surface area contributed by atoms with E-state index < -0.39 is 4.92 Å². The van der Waals surface area contributed by atoms with Gasteiger partial charge >= 0.3 is 0 Å². The number of rotatable bonds is 4. The van der Waals surface area contributed by atoms with Crippen molar-refractivity contribution in [2.75, 3.05) is 11.1 Å². The Bertz CT molecular complexity index is 602. The van der Waals surface area contributed by atoms with Crippen molar-refractivity contribution in [2.24, 2.45) is 0 Å². The molecular formula is C12H14N4O3. The number of benzene rings is 1. The summed E-state index contributed by atoms with van der Waals surface area (Å²) in [5.41, 5.74) is 8.16. The first-order valence-corrected chi connectivity index (χ1v) is 5.68. The summed E-state index contributed by atoms with van der Waals surface area (Å²) in [7, 11) is 0. The highest BCUT2D eigenvalue weighted by Gasteiger charge is 2.12. The first-order valence-electron chi connectivity index (χ1n) is 5.68. The molecule has 0 fully saturated rings. The summed E-state index contributed by atoms with van der Waals surface area (Å²) < 4.78 is 5.05. The molecule has 2 aromatic rings. The van der Waals surface area contributed by atoms with E-state index in [9.17, 15) is 10.1 Å². The van der Waals surface area contributed by atoms with Gasteiger partial charge in [0.1, 0.15) is 11.4 Å². The molecule has 1 heterocycles. The highest BCUT2D eigenvalue weighted by molar-refractivity contribution is 5.65. The van der Waals surface area contributed by atoms with Crippen LogP contribution in [0.5, 0.6) is 0 Å². The molecule has 0 aliphatic heterocycles. The number of aryl methyl sites for hydroxylation is 2. The third-order valence-electron chi connectivity index (χ3n) is 2.87. The Morgan fingerprint density at radius 3 is 2.74 bits per heavy atom. The van der Waals surface area contributed by atoms with Gasteiger partial charge in [-0.15, -0.1) is 0 Å². The second-order valence-electron chi connectivity index (χ2n) is 4.19. The number of nitrogen functional groups attached to an aromatic ring is 1. The minimum absolute atomic E-state index is 0.0945. The predicted molar refractivity (Wildman–Crippen MR) is 70.8 cm³/mol. The van der Waals surface area contributed by atoms with E-state index in [1.54, 1.807) is 6.07 Å². The van der Waals surface area contributed by atoms with Gasteiger partial charge in [-0.05, 0) is 26.0 Å². The Balaban J connectivity index is 2.13. The second kappa shape index (κ2) is 4.97. The van der Waals surface area contributed by atoms with Gasteiger partial charge in [-0.2, -0.15) is 0 Å². The predicted octanol–water partition coefficient (Wildman–Crippen LogP) is 2.39. The van der Waals surface area contributed by atoms with E-state index >= 15 is 0 Å². The quantitative estimate of drug-likeness (QED) is 0.497. The number of anilines is 2. The zero-order valence-corrected chi connectivity index (χ0v) is 10.6. The lowest BCUT2D eigenvalue weighted by atomic mass is 10.2. The molecule has 0 bridgehead atoms. The molecule has 3 N–H and O–H groups in total. The molecule has 0 unspecified atom stereocenters. The Hall–Kier alpha value is -2.57. The molecule has 7 nitrogen and oxygen atoms in total. The molecule has 0 saturated heterocycles. The summed E-state index contributed by atoms with van der Waals surface area (Å²) in [5.74, 6) is 0.750. The van der Waals surface area contributed by atoms with Crippen molar-refractivity contribution in [2.45, 2.75) is 20.4 Å². The summed E-state index contributed by atoms with van der Waals surface area (Å²) in [6.07, 6.45) is 0. The summed E-state index contributed by atoms with van der Waals surface area (Å²) in [6, 6.07) is 4.54. The lowest BCUT2D eigenvalue weighted by Crippen LogP contribution is -2.03. The number of hydrogen-bond acceptors (Lipinski definition) is 6. The molecule has 0 atom stereocenters. The summed E-state index contributed by atoms with van der Waals surface area (Å²) in [6.45, 7) is 4.22. The van der Waals surface area contributed by atoms with Crippen LogP contribution in [0.3, 0.4) is 0 Å². The average molecular weight is 262 g/mol.